The number of aryl methyl sites for hydroxylation is 1. The fourth-order valence-electron chi connectivity index (χ4n) is 1.53. The average molecular weight is 357 g/mol. The van der Waals surface area contributed by atoms with Gasteiger partial charge in [0.1, 0.15) is 4.88 Å². The number of amides is 1. The smallest absolute Gasteiger partial charge is 0.270 e. The fraction of sp³-hybridized carbons (Fsp3) is 0.0909. The van der Waals surface area contributed by atoms with Crippen molar-refractivity contribution in [2.45, 2.75) is 6.92 Å². The van der Waals surface area contributed by atoms with Crippen molar-refractivity contribution in [3.05, 3.63) is 43.4 Å². The van der Waals surface area contributed by atoms with Crippen molar-refractivity contribution in [1.29, 1.82) is 0 Å². The zero-order chi connectivity index (χ0) is 14.9. The number of nitro groups is 1. The summed E-state index contributed by atoms with van der Waals surface area (Å²) in [6.07, 6.45) is 0. The van der Waals surface area contributed by atoms with Crippen LogP contribution in [0.2, 0.25) is 0 Å². The number of rotatable bonds is 3. The molecule has 3 N–H and O–H groups in total. The molecule has 1 aromatic heterocycles. The number of nitrogens with two attached hydrogens (primary N) is 1. The van der Waals surface area contributed by atoms with Crippen molar-refractivity contribution in [2.24, 2.45) is 0 Å². The SMILES string of the molecule is Cc1nc(N)sc1C(=O)Nc1ccc([N+](=O)[O-])cc1Br. The van der Waals surface area contributed by atoms with E-state index in [0.717, 1.165) is 11.3 Å². The van der Waals surface area contributed by atoms with Crippen LogP contribution in [0.3, 0.4) is 0 Å². The Balaban J connectivity index is 2.24. The number of non-ortho nitro benzene ring substituents is 1. The van der Waals surface area contributed by atoms with Gasteiger partial charge in [0.05, 0.1) is 16.3 Å². The third-order valence-corrected chi connectivity index (χ3v) is 4.07. The molecule has 0 bridgehead atoms. The van der Waals surface area contributed by atoms with E-state index in [4.69, 9.17) is 5.73 Å². The second kappa shape index (κ2) is 5.55. The van der Waals surface area contributed by atoms with Gasteiger partial charge < -0.3 is 11.1 Å². The number of aromatic nitrogens is 1. The number of carbonyl (C=O) groups excluding carboxylic acids is 1. The molecule has 9 heteroatoms. The molecular weight excluding hydrogens is 348 g/mol. The standard InChI is InChI=1S/C11H9BrN4O3S/c1-5-9(20-11(13)14-5)10(17)15-8-3-2-6(16(18)19)4-7(8)12/h2-4H,1H3,(H2,13,14)(H,15,17). The van der Waals surface area contributed by atoms with Gasteiger partial charge in [0, 0.05) is 16.6 Å². The maximum absolute atomic E-state index is 12.1. The zero-order valence-corrected chi connectivity index (χ0v) is 12.6. The second-order valence-corrected chi connectivity index (χ2v) is 5.73. The van der Waals surface area contributed by atoms with Crippen LogP contribution >= 0.6 is 27.3 Å². The van der Waals surface area contributed by atoms with E-state index >= 15 is 0 Å². The predicted octanol–water partition coefficient (Wildman–Crippen LogP) is 2.96. The number of hydrogen-bond donors (Lipinski definition) is 2. The lowest BCUT2D eigenvalue weighted by Crippen LogP contribution is -2.12. The highest BCUT2D eigenvalue weighted by atomic mass is 79.9. The summed E-state index contributed by atoms with van der Waals surface area (Å²) in [5.74, 6) is -0.355. The fourth-order valence-corrected chi connectivity index (χ4v) is 2.72. The second-order valence-electron chi connectivity index (χ2n) is 3.84. The number of halogens is 1. The number of nitro benzene ring substituents is 1. The normalized spacial score (nSPS) is 10.3. The van der Waals surface area contributed by atoms with Gasteiger partial charge in [0.25, 0.3) is 11.6 Å². The molecule has 0 fully saturated rings. The summed E-state index contributed by atoms with van der Waals surface area (Å²) in [4.78, 5) is 26.6. The average Bonchev–Trinajstić information content (AvgIpc) is 2.70. The lowest BCUT2D eigenvalue weighted by molar-refractivity contribution is -0.384. The van der Waals surface area contributed by atoms with Gasteiger partial charge in [-0.2, -0.15) is 0 Å². The Morgan fingerprint density at radius 1 is 1.55 bits per heavy atom. The van der Waals surface area contributed by atoms with Crippen LogP contribution in [0.4, 0.5) is 16.5 Å². The van der Waals surface area contributed by atoms with Crippen molar-refractivity contribution in [3.8, 4) is 0 Å². The molecule has 0 radical (unpaired) electrons. The van der Waals surface area contributed by atoms with Crippen LogP contribution in [0.5, 0.6) is 0 Å². The molecule has 1 heterocycles. The van der Waals surface area contributed by atoms with Gasteiger partial charge in [0.15, 0.2) is 5.13 Å². The molecule has 1 amide bonds. The summed E-state index contributed by atoms with van der Waals surface area (Å²) >= 11 is 4.27. The summed E-state index contributed by atoms with van der Waals surface area (Å²) in [6.45, 7) is 1.69. The first-order valence-corrected chi connectivity index (χ1v) is 6.97. The molecule has 0 aliphatic heterocycles. The summed E-state index contributed by atoms with van der Waals surface area (Å²) in [7, 11) is 0. The molecule has 1 aromatic carbocycles. The third-order valence-electron chi connectivity index (χ3n) is 2.43. The van der Waals surface area contributed by atoms with Crippen molar-refractivity contribution < 1.29 is 9.72 Å². The first-order valence-electron chi connectivity index (χ1n) is 5.36. The minimum Gasteiger partial charge on any atom is -0.375 e. The van der Waals surface area contributed by atoms with Crippen LogP contribution in [0.1, 0.15) is 15.4 Å². The van der Waals surface area contributed by atoms with Crippen molar-refractivity contribution in [2.75, 3.05) is 11.1 Å². The number of nitrogen functional groups attached to an aromatic ring is 1. The van der Waals surface area contributed by atoms with Crippen LogP contribution in [-0.2, 0) is 0 Å². The van der Waals surface area contributed by atoms with Crippen LogP contribution in [0, 0.1) is 17.0 Å². The van der Waals surface area contributed by atoms with Crippen LogP contribution in [-0.4, -0.2) is 15.8 Å². The van der Waals surface area contributed by atoms with Crippen molar-refractivity contribution in [3.63, 3.8) is 0 Å². The third kappa shape index (κ3) is 2.94. The van der Waals surface area contributed by atoms with Gasteiger partial charge in [-0.15, -0.1) is 0 Å². The van der Waals surface area contributed by atoms with E-state index in [1.54, 1.807) is 6.92 Å². The molecule has 7 nitrogen and oxygen atoms in total. The van der Waals surface area contributed by atoms with E-state index in [9.17, 15) is 14.9 Å². The summed E-state index contributed by atoms with van der Waals surface area (Å²) in [6, 6.07) is 4.09. The Morgan fingerprint density at radius 3 is 2.75 bits per heavy atom. The molecule has 2 rings (SSSR count). The molecular formula is C11H9BrN4O3S. The molecule has 2 aromatic rings. The number of anilines is 2. The first kappa shape index (κ1) is 14.4. The van der Waals surface area contributed by atoms with E-state index in [1.165, 1.54) is 18.2 Å². The maximum atomic E-state index is 12.1. The minimum atomic E-state index is -0.510. The van der Waals surface area contributed by atoms with E-state index < -0.39 is 4.92 Å². The molecule has 0 aliphatic rings. The molecule has 0 spiro atoms. The number of carbonyl (C=O) groups is 1. The van der Waals surface area contributed by atoms with E-state index in [-0.39, 0.29) is 11.6 Å². The number of benzene rings is 1. The Morgan fingerprint density at radius 2 is 2.25 bits per heavy atom. The molecule has 0 saturated heterocycles. The van der Waals surface area contributed by atoms with Crippen LogP contribution < -0.4 is 11.1 Å². The molecule has 0 aliphatic carbocycles. The zero-order valence-electron chi connectivity index (χ0n) is 10.2. The van der Waals surface area contributed by atoms with Gasteiger partial charge in [-0.25, -0.2) is 4.98 Å². The largest absolute Gasteiger partial charge is 0.375 e. The van der Waals surface area contributed by atoms with E-state index in [2.05, 4.69) is 26.2 Å². The number of hydrogen-bond acceptors (Lipinski definition) is 6. The van der Waals surface area contributed by atoms with Crippen molar-refractivity contribution in [1.82, 2.24) is 4.98 Å². The topological polar surface area (TPSA) is 111 Å². The maximum Gasteiger partial charge on any atom is 0.270 e. The lowest BCUT2D eigenvalue weighted by atomic mass is 10.2. The van der Waals surface area contributed by atoms with Gasteiger partial charge in [-0.1, -0.05) is 11.3 Å². The number of nitrogens with zero attached hydrogens (tertiary/aromatic N) is 2. The molecule has 104 valence electrons. The highest BCUT2D eigenvalue weighted by molar-refractivity contribution is 9.10. The number of thiazole rings is 1. The predicted molar refractivity (Wildman–Crippen MR) is 80.0 cm³/mol. The molecule has 0 atom stereocenters. The molecule has 20 heavy (non-hydrogen) atoms. The molecule has 0 saturated carbocycles. The molecule has 0 unspecified atom stereocenters. The number of nitrogens with one attached hydrogen (secondary N) is 1. The van der Waals surface area contributed by atoms with Crippen molar-refractivity contribution >= 4 is 49.7 Å². The van der Waals surface area contributed by atoms with Gasteiger partial charge in [-0.3, -0.25) is 14.9 Å². The van der Waals surface area contributed by atoms with Gasteiger partial charge in [-0.05, 0) is 28.9 Å². The highest BCUT2D eigenvalue weighted by Crippen LogP contribution is 2.28. The van der Waals surface area contributed by atoms with Crippen LogP contribution in [0.15, 0.2) is 22.7 Å². The lowest BCUT2D eigenvalue weighted by Gasteiger charge is -2.06. The Labute approximate surface area is 126 Å². The van der Waals surface area contributed by atoms with Gasteiger partial charge >= 0.3 is 0 Å². The van der Waals surface area contributed by atoms with E-state index in [1.807, 2.05) is 0 Å². The summed E-state index contributed by atoms with van der Waals surface area (Å²) in [5, 5.41) is 13.6. The summed E-state index contributed by atoms with van der Waals surface area (Å²) in [5.41, 5.74) is 6.46. The van der Waals surface area contributed by atoms with Gasteiger partial charge in [0.2, 0.25) is 0 Å². The van der Waals surface area contributed by atoms with Crippen LogP contribution in [0.25, 0.3) is 0 Å². The highest BCUT2D eigenvalue weighted by Gasteiger charge is 2.16. The Bertz CT molecular complexity index is 701. The Hall–Kier alpha value is -2.00. The monoisotopic (exact) mass is 356 g/mol. The first-order chi connectivity index (χ1) is 9.38. The van der Waals surface area contributed by atoms with E-state index in [0.29, 0.717) is 25.9 Å². The quantitative estimate of drug-likeness (QED) is 0.648. The minimum absolute atomic E-state index is 0.0620. The Kier molecular flexibility index (Phi) is 4.00. The summed E-state index contributed by atoms with van der Waals surface area (Å²) < 4.78 is 0.426.